The van der Waals surface area contributed by atoms with E-state index >= 15 is 0 Å². The molecule has 3 aromatic rings. The summed E-state index contributed by atoms with van der Waals surface area (Å²) in [5.74, 6) is 0. The number of rotatable bonds is 5. The van der Waals surface area contributed by atoms with E-state index in [0.29, 0.717) is 0 Å². The van der Waals surface area contributed by atoms with E-state index in [4.69, 9.17) is 4.74 Å². The van der Waals surface area contributed by atoms with Crippen molar-refractivity contribution < 1.29 is 4.74 Å². The van der Waals surface area contributed by atoms with Gasteiger partial charge in [0.25, 0.3) is 0 Å². The molecule has 0 spiro atoms. The lowest BCUT2D eigenvalue weighted by Gasteiger charge is -2.10. The minimum atomic E-state index is 0.111. The lowest BCUT2D eigenvalue weighted by molar-refractivity contribution is 0.119. The molecule has 2 heterocycles. The number of pyridine rings is 1. The van der Waals surface area contributed by atoms with Crippen molar-refractivity contribution in [3.63, 3.8) is 0 Å². The molecule has 0 bridgehead atoms. The Labute approximate surface area is 130 Å². The number of nitrogens with zero attached hydrogens (tertiary/aromatic N) is 3. The molecule has 0 fully saturated rings. The zero-order valence-corrected chi connectivity index (χ0v) is 12.8. The second kappa shape index (κ2) is 6.54. The van der Waals surface area contributed by atoms with Gasteiger partial charge in [-0.25, -0.2) is 4.98 Å². The Bertz CT molecular complexity index is 703. The average molecular weight is 293 g/mol. The Balaban J connectivity index is 1.75. The summed E-state index contributed by atoms with van der Waals surface area (Å²) in [6, 6.07) is 12.5. The third kappa shape index (κ3) is 3.23. The molecule has 4 nitrogen and oxygen atoms in total. The molecule has 0 amide bonds. The molecule has 4 heteroatoms. The van der Waals surface area contributed by atoms with Gasteiger partial charge in [0.05, 0.1) is 18.1 Å². The largest absolute Gasteiger partial charge is 0.377 e. The summed E-state index contributed by atoms with van der Waals surface area (Å²) in [4.78, 5) is 8.60. The number of methoxy groups -OCH3 is 1. The molecule has 0 N–H and O–H groups in total. The second-order valence-electron chi connectivity index (χ2n) is 5.29. The van der Waals surface area contributed by atoms with Crippen molar-refractivity contribution in [2.75, 3.05) is 7.11 Å². The predicted octanol–water partition coefficient (Wildman–Crippen LogP) is 3.70. The van der Waals surface area contributed by atoms with Crippen LogP contribution < -0.4 is 0 Å². The lowest BCUT2D eigenvalue weighted by Crippen LogP contribution is -1.97. The third-order valence-electron chi connectivity index (χ3n) is 3.78. The molecule has 1 aromatic carbocycles. The SMILES string of the molecule is CO[C@H](C)c1ccc(-c2ccc(Cn3ccnc3)cn2)cc1. The molecule has 112 valence electrons. The molecule has 2 aromatic heterocycles. The van der Waals surface area contributed by atoms with Crippen molar-refractivity contribution in [3.05, 3.63) is 72.4 Å². The van der Waals surface area contributed by atoms with Crippen molar-refractivity contribution >= 4 is 0 Å². The topological polar surface area (TPSA) is 39.9 Å². The van der Waals surface area contributed by atoms with E-state index in [9.17, 15) is 0 Å². The molecule has 0 aliphatic rings. The summed E-state index contributed by atoms with van der Waals surface area (Å²) in [6.45, 7) is 2.83. The summed E-state index contributed by atoms with van der Waals surface area (Å²) in [7, 11) is 1.72. The highest BCUT2D eigenvalue weighted by Crippen LogP contribution is 2.22. The van der Waals surface area contributed by atoms with Gasteiger partial charge >= 0.3 is 0 Å². The van der Waals surface area contributed by atoms with E-state index in [-0.39, 0.29) is 6.10 Å². The van der Waals surface area contributed by atoms with Gasteiger partial charge < -0.3 is 9.30 Å². The Morgan fingerprint density at radius 1 is 1.14 bits per heavy atom. The summed E-state index contributed by atoms with van der Waals surface area (Å²) in [5, 5.41) is 0. The Hall–Kier alpha value is -2.46. The Morgan fingerprint density at radius 3 is 2.55 bits per heavy atom. The van der Waals surface area contributed by atoms with Crippen LogP contribution in [0.15, 0.2) is 61.3 Å². The molecule has 3 rings (SSSR count). The third-order valence-corrected chi connectivity index (χ3v) is 3.78. The molecular weight excluding hydrogens is 274 g/mol. The second-order valence-corrected chi connectivity index (χ2v) is 5.29. The molecule has 0 saturated carbocycles. The monoisotopic (exact) mass is 293 g/mol. The van der Waals surface area contributed by atoms with Gasteiger partial charge in [-0.05, 0) is 24.1 Å². The minimum absolute atomic E-state index is 0.111. The maximum Gasteiger partial charge on any atom is 0.0949 e. The smallest absolute Gasteiger partial charge is 0.0949 e. The van der Waals surface area contributed by atoms with Crippen molar-refractivity contribution in [1.82, 2.24) is 14.5 Å². The van der Waals surface area contributed by atoms with Crippen LogP contribution in [0.4, 0.5) is 0 Å². The number of ether oxygens (including phenoxy) is 1. The van der Waals surface area contributed by atoms with Gasteiger partial charge in [0.15, 0.2) is 0 Å². The first-order valence-corrected chi connectivity index (χ1v) is 7.30. The van der Waals surface area contributed by atoms with Crippen LogP contribution in [0.1, 0.15) is 24.2 Å². The van der Waals surface area contributed by atoms with Crippen LogP contribution in [0.25, 0.3) is 11.3 Å². The summed E-state index contributed by atoms with van der Waals surface area (Å²) >= 11 is 0. The summed E-state index contributed by atoms with van der Waals surface area (Å²) in [6.07, 6.45) is 7.57. The van der Waals surface area contributed by atoms with E-state index < -0.39 is 0 Å². The van der Waals surface area contributed by atoms with Gasteiger partial charge in [-0.1, -0.05) is 30.3 Å². The highest BCUT2D eigenvalue weighted by Gasteiger charge is 2.05. The molecule has 0 radical (unpaired) electrons. The van der Waals surface area contributed by atoms with Crippen LogP contribution in [0.2, 0.25) is 0 Å². The Kier molecular flexibility index (Phi) is 4.30. The maximum absolute atomic E-state index is 5.32. The van der Waals surface area contributed by atoms with E-state index in [1.165, 1.54) is 5.56 Å². The summed E-state index contributed by atoms with van der Waals surface area (Å²) < 4.78 is 7.35. The molecule has 1 atom stereocenters. The standard InChI is InChI=1S/C18H19N3O/c1-14(22-2)16-4-6-17(7-5-16)18-8-3-15(11-20-18)12-21-10-9-19-13-21/h3-11,13-14H,12H2,1-2H3/t14-/m1/s1. The van der Waals surface area contributed by atoms with Crippen molar-refractivity contribution in [2.24, 2.45) is 0 Å². The predicted molar refractivity (Wildman–Crippen MR) is 86.4 cm³/mol. The van der Waals surface area contributed by atoms with Crippen LogP contribution >= 0.6 is 0 Å². The fraction of sp³-hybridized carbons (Fsp3) is 0.222. The van der Waals surface area contributed by atoms with E-state index in [0.717, 1.165) is 23.4 Å². The zero-order chi connectivity index (χ0) is 15.4. The zero-order valence-electron chi connectivity index (χ0n) is 12.8. The fourth-order valence-electron chi connectivity index (χ4n) is 2.34. The lowest BCUT2D eigenvalue weighted by atomic mass is 10.1. The number of aromatic nitrogens is 3. The van der Waals surface area contributed by atoms with Gasteiger partial charge in [-0.2, -0.15) is 0 Å². The van der Waals surface area contributed by atoms with Gasteiger partial charge in [0.2, 0.25) is 0 Å². The van der Waals surface area contributed by atoms with Crippen LogP contribution in [0.3, 0.4) is 0 Å². The molecule has 0 aliphatic heterocycles. The Morgan fingerprint density at radius 2 is 1.95 bits per heavy atom. The maximum atomic E-state index is 5.32. The van der Waals surface area contributed by atoms with E-state index in [1.807, 2.05) is 30.2 Å². The van der Waals surface area contributed by atoms with Crippen molar-refractivity contribution in [3.8, 4) is 11.3 Å². The quantitative estimate of drug-likeness (QED) is 0.720. The van der Waals surface area contributed by atoms with Gasteiger partial charge in [-0.15, -0.1) is 0 Å². The average Bonchev–Trinajstić information content (AvgIpc) is 3.08. The van der Waals surface area contributed by atoms with E-state index in [2.05, 4.69) is 46.4 Å². The van der Waals surface area contributed by atoms with Gasteiger partial charge in [0.1, 0.15) is 0 Å². The van der Waals surface area contributed by atoms with Crippen LogP contribution in [-0.4, -0.2) is 21.6 Å². The van der Waals surface area contributed by atoms with Crippen molar-refractivity contribution in [1.29, 1.82) is 0 Å². The van der Waals surface area contributed by atoms with Crippen LogP contribution in [0, 0.1) is 0 Å². The number of benzene rings is 1. The molecular formula is C18H19N3O. The first-order chi connectivity index (χ1) is 10.8. The molecule has 0 aliphatic carbocycles. The fourth-order valence-corrected chi connectivity index (χ4v) is 2.34. The van der Waals surface area contributed by atoms with Crippen molar-refractivity contribution in [2.45, 2.75) is 19.6 Å². The first kappa shape index (κ1) is 14.5. The molecule has 0 unspecified atom stereocenters. The summed E-state index contributed by atoms with van der Waals surface area (Å²) in [5.41, 5.74) is 4.42. The van der Waals surface area contributed by atoms with Crippen LogP contribution in [-0.2, 0) is 11.3 Å². The van der Waals surface area contributed by atoms with Gasteiger partial charge in [-0.3, -0.25) is 4.98 Å². The number of imidazole rings is 1. The molecule has 0 saturated heterocycles. The van der Waals surface area contributed by atoms with Gasteiger partial charge in [0, 0.05) is 37.8 Å². The normalized spacial score (nSPS) is 12.3. The number of hydrogen-bond donors (Lipinski definition) is 0. The highest BCUT2D eigenvalue weighted by molar-refractivity contribution is 5.59. The minimum Gasteiger partial charge on any atom is -0.377 e. The highest BCUT2D eigenvalue weighted by atomic mass is 16.5. The van der Waals surface area contributed by atoms with E-state index in [1.54, 1.807) is 13.3 Å². The first-order valence-electron chi connectivity index (χ1n) is 7.30. The molecule has 22 heavy (non-hydrogen) atoms. The van der Waals surface area contributed by atoms with Crippen LogP contribution in [0.5, 0.6) is 0 Å². The number of hydrogen-bond acceptors (Lipinski definition) is 3.